The Morgan fingerprint density at radius 2 is 1.75 bits per heavy atom. The second-order valence-corrected chi connectivity index (χ2v) is 5.95. The first-order chi connectivity index (χ1) is 9.26. The summed E-state index contributed by atoms with van der Waals surface area (Å²) in [5.41, 5.74) is -0.0661. The molecule has 1 aliphatic heterocycles. The third-order valence-electron chi connectivity index (χ3n) is 3.03. The lowest BCUT2D eigenvalue weighted by Gasteiger charge is -2.38. The minimum atomic E-state index is -0.539. The largest absolute Gasteiger partial charge is 0.444 e. The molecule has 1 heterocycles. The van der Waals surface area contributed by atoms with Crippen molar-refractivity contribution in [1.82, 2.24) is 4.90 Å². The molecule has 4 nitrogen and oxygen atoms in total. The predicted octanol–water partition coefficient (Wildman–Crippen LogP) is 2.88. The summed E-state index contributed by atoms with van der Waals surface area (Å²) in [4.78, 5) is 25.3. The van der Waals surface area contributed by atoms with Gasteiger partial charge in [-0.05, 0) is 45.0 Å². The van der Waals surface area contributed by atoms with Crippen molar-refractivity contribution in [1.29, 1.82) is 0 Å². The maximum absolute atomic E-state index is 12.8. The van der Waals surface area contributed by atoms with Crippen molar-refractivity contribution < 1.29 is 18.7 Å². The first-order valence-corrected chi connectivity index (χ1v) is 6.54. The highest BCUT2D eigenvalue weighted by Crippen LogP contribution is 2.23. The van der Waals surface area contributed by atoms with Gasteiger partial charge in [0, 0.05) is 18.7 Å². The number of hydrogen-bond donors (Lipinski definition) is 0. The molecule has 0 bridgehead atoms. The number of carbonyl (C=O) groups excluding carboxylic acids is 2. The fraction of sp³-hybridized carbons (Fsp3) is 0.467. The minimum absolute atomic E-state index is 0.0650. The number of benzene rings is 1. The summed E-state index contributed by atoms with van der Waals surface area (Å²) in [6.07, 6.45) is -0.402. The molecule has 0 aliphatic carbocycles. The van der Waals surface area contributed by atoms with Crippen LogP contribution in [-0.4, -0.2) is 35.5 Å². The van der Waals surface area contributed by atoms with Crippen molar-refractivity contribution >= 4 is 11.9 Å². The first-order valence-electron chi connectivity index (χ1n) is 6.54. The van der Waals surface area contributed by atoms with Crippen molar-refractivity contribution in [2.24, 2.45) is 5.92 Å². The highest BCUT2D eigenvalue weighted by atomic mass is 19.1. The third-order valence-corrected chi connectivity index (χ3v) is 3.03. The second kappa shape index (κ2) is 5.23. The monoisotopic (exact) mass is 279 g/mol. The van der Waals surface area contributed by atoms with Gasteiger partial charge in [-0.15, -0.1) is 0 Å². The summed E-state index contributed by atoms with van der Waals surface area (Å²) in [5.74, 6) is -0.664. The topological polar surface area (TPSA) is 46.6 Å². The van der Waals surface area contributed by atoms with Gasteiger partial charge in [0.25, 0.3) is 0 Å². The average molecular weight is 279 g/mol. The lowest BCUT2D eigenvalue weighted by molar-refractivity contribution is 0.00149. The number of hydrogen-bond acceptors (Lipinski definition) is 3. The van der Waals surface area contributed by atoms with Gasteiger partial charge >= 0.3 is 6.09 Å². The van der Waals surface area contributed by atoms with E-state index in [-0.39, 0.29) is 17.5 Å². The molecule has 0 unspecified atom stereocenters. The van der Waals surface area contributed by atoms with Crippen LogP contribution in [0, 0.1) is 11.7 Å². The van der Waals surface area contributed by atoms with Crippen LogP contribution in [0.3, 0.4) is 0 Å². The Labute approximate surface area is 117 Å². The molecule has 1 fully saturated rings. The van der Waals surface area contributed by atoms with Gasteiger partial charge in [0.2, 0.25) is 0 Å². The van der Waals surface area contributed by atoms with Crippen LogP contribution in [0.15, 0.2) is 24.3 Å². The summed E-state index contributed by atoms with van der Waals surface area (Å²) in [6.45, 7) is 6.10. The Morgan fingerprint density at radius 3 is 2.25 bits per heavy atom. The lowest BCUT2D eigenvalue weighted by atomic mass is 9.91. The van der Waals surface area contributed by atoms with Gasteiger partial charge in [0.1, 0.15) is 11.4 Å². The number of amides is 1. The van der Waals surface area contributed by atoms with Crippen molar-refractivity contribution in [2.45, 2.75) is 26.4 Å². The number of nitrogens with zero attached hydrogens (tertiary/aromatic N) is 1. The quantitative estimate of drug-likeness (QED) is 0.782. The zero-order valence-electron chi connectivity index (χ0n) is 11.9. The fourth-order valence-corrected chi connectivity index (χ4v) is 1.97. The highest BCUT2D eigenvalue weighted by molar-refractivity contribution is 5.99. The number of likely N-dealkylation sites (tertiary alicyclic amines) is 1. The summed E-state index contributed by atoms with van der Waals surface area (Å²) < 4.78 is 18.0. The maximum atomic E-state index is 12.8. The molecule has 0 radical (unpaired) electrons. The van der Waals surface area contributed by atoms with Crippen LogP contribution in [0.1, 0.15) is 31.1 Å². The summed E-state index contributed by atoms with van der Waals surface area (Å²) in [6, 6.07) is 5.46. The molecule has 2 rings (SSSR count). The van der Waals surface area contributed by atoms with E-state index >= 15 is 0 Å². The molecule has 0 N–H and O–H groups in total. The number of carbonyl (C=O) groups is 2. The zero-order chi connectivity index (χ0) is 14.9. The highest BCUT2D eigenvalue weighted by Gasteiger charge is 2.37. The van der Waals surface area contributed by atoms with Crippen LogP contribution in [0.25, 0.3) is 0 Å². The number of ketones is 1. The van der Waals surface area contributed by atoms with E-state index in [0.29, 0.717) is 18.7 Å². The van der Waals surface area contributed by atoms with E-state index in [1.807, 2.05) is 0 Å². The van der Waals surface area contributed by atoms with Gasteiger partial charge < -0.3 is 9.64 Å². The molecule has 0 aromatic heterocycles. The number of Topliss-reactive ketones (excluding diaryl/α,β-unsaturated/α-hetero) is 1. The van der Waals surface area contributed by atoms with E-state index in [4.69, 9.17) is 4.74 Å². The van der Waals surface area contributed by atoms with Gasteiger partial charge in [-0.25, -0.2) is 9.18 Å². The minimum Gasteiger partial charge on any atom is -0.444 e. The summed E-state index contributed by atoms with van der Waals surface area (Å²) >= 11 is 0. The zero-order valence-corrected chi connectivity index (χ0v) is 11.9. The van der Waals surface area contributed by atoms with Crippen LogP contribution in [-0.2, 0) is 4.74 Å². The van der Waals surface area contributed by atoms with E-state index in [2.05, 4.69) is 0 Å². The molecule has 1 amide bonds. The predicted molar refractivity (Wildman–Crippen MR) is 72.0 cm³/mol. The van der Waals surface area contributed by atoms with Crippen molar-refractivity contribution in [3.05, 3.63) is 35.6 Å². The fourth-order valence-electron chi connectivity index (χ4n) is 1.97. The molecule has 0 saturated carbocycles. The van der Waals surface area contributed by atoms with Gasteiger partial charge in [-0.1, -0.05) is 0 Å². The number of rotatable bonds is 2. The van der Waals surface area contributed by atoms with E-state index in [1.165, 1.54) is 29.2 Å². The molecular formula is C15H18FNO3. The molecular weight excluding hydrogens is 261 g/mol. The van der Waals surface area contributed by atoms with Gasteiger partial charge in [0.05, 0.1) is 5.92 Å². The Hall–Kier alpha value is -1.91. The average Bonchev–Trinajstić information content (AvgIpc) is 2.25. The van der Waals surface area contributed by atoms with Gasteiger partial charge in [-0.2, -0.15) is 0 Å². The Morgan fingerprint density at radius 1 is 1.20 bits per heavy atom. The number of ether oxygens (including phenoxy) is 1. The molecule has 0 spiro atoms. The van der Waals surface area contributed by atoms with E-state index < -0.39 is 11.7 Å². The summed E-state index contributed by atoms with van der Waals surface area (Å²) in [7, 11) is 0. The van der Waals surface area contributed by atoms with E-state index in [1.54, 1.807) is 20.8 Å². The standard InChI is InChI=1S/C15H18FNO3/c1-15(2,3)20-14(19)17-8-11(9-17)13(18)10-4-6-12(16)7-5-10/h4-7,11H,8-9H2,1-3H3. The van der Waals surface area contributed by atoms with E-state index in [0.717, 1.165) is 0 Å². The van der Waals surface area contributed by atoms with Crippen molar-refractivity contribution in [3.8, 4) is 0 Å². The maximum Gasteiger partial charge on any atom is 0.410 e. The lowest BCUT2D eigenvalue weighted by Crippen LogP contribution is -2.54. The molecule has 1 aromatic rings. The second-order valence-electron chi connectivity index (χ2n) is 5.95. The van der Waals surface area contributed by atoms with Crippen LogP contribution < -0.4 is 0 Å². The third kappa shape index (κ3) is 3.35. The van der Waals surface area contributed by atoms with E-state index in [9.17, 15) is 14.0 Å². The van der Waals surface area contributed by atoms with Crippen LogP contribution >= 0.6 is 0 Å². The molecule has 20 heavy (non-hydrogen) atoms. The van der Waals surface area contributed by atoms with Crippen LogP contribution in [0.4, 0.5) is 9.18 Å². The number of halogens is 1. The molecule has 5 heteroatoms. The molecule has 1 aromatic carbocycles. The molecule has 1 aliphatic rings. The van der Waals surface area contributed by atoms with Crippen molar-refractivity contribution in [3.63, 3.8) is 0 Å². The van der Waals surface area contributed by atoms with Crippen molar-refractivity contribution in [2.75, 3.05) is 13.1 Å². The Balaban J connectivity index is 1.88. The molecule has 1 saturated heterocycles. The normalized spacial score (nSPS) is 15.7. The smallest absolute Gasteiger partial charge is 0.410 e. The molecule has 108 valence electrons. The molecule has 0 atom stereocenters. The van der Waals surface area contributed by atoms with Crippen LogP contribution in [0.5, 0.6) is 0 Å². The Bertz CT molecular complexity index is 513. The summed E-state index contributed by atoms with van der Waals surface area (Å²) in [5, 5.41) is 0. The first kappa shape index (κ1) is 14.5. The van der Waals surface area contributed by atoms with Gasteiger partial charge in [0.15, 0.2) is 5.78 Å². The van der Waals surface area contributed by atoms with Crippen LogP contribution in [0.2, 0.25) is 0 Å². The van der Waals surface area contributed by atoms with Gasteiger partial charge in [-0.3, -0.25) is 4.79 Å². The SMILES string of the molecule is CC(C)(C)OC(=O)N1CC(C(=O)c2ccc(F)cc2)C1. The Kier molecular flexibility index (Phi) is 3.79.